The quantitative estimate of drug-likeness (QED) is 0.601. The second kappa shape index (κ2) is 6.87. The van der Waals surface area contributed by atoms with Gasteiger partial charge in [0, 0.05) is 5.56 Å². The summed E-state index contributed by atoms with van der Waals surface area (Å²) in [6.45, 7) is 2.60. The SMILES string of the molecule is Cc1cc(C#CCCl)ccc1OCc1ccccc1. The maximum Gasteiger partial charge on any atom is 0.122 e. The van der Waals surface area contributed by atoms with Crippen LogP contribution in [-0.4, -0.2) is 5.88 Å². The molecule has 2 rings (SSSR count). The van der Waals surface area contributed by atoms with Crippen molar-refractivity contribution in [2.75, 3.05) is 5.88 Å². The number of ether oxygens (including phenoxy) is 1. The van der Waals surface area contributed by atoms with Crippen molar-refractivity contribution in [1.82, 2.24) is 0 Å². The summed E-state index contributed by atoms with van der Waals surface area (Å²) in [6.07, 6.45) is 0. The van der Waals surface area contributed by atoms with E-state index in [1.807, 2.05) is 43.3 Å². The number of hydrogen-bond acceptors (Lipinski definition) is 1. The summed E-state index contributed by atoms with van der Waals surface area (Å²) >= 11 is 5.54. The first-order valence-electron chi connectivity index (χ1n) is 6.12. The molecular formula is C17H15ClO. The van der Waals surface area contributed by atoms with Gasteiger partial charge < -0.3 is 4.74 Å². The number of benzene rings is 2. The molecule has 96 valence electrons. The lowest BCUT2D eigenvalue weighted by Crippen LogP contribution is -1.96. The van der Waals surface area contributed by atoms with E-state index in [1.165, 1.54) is 0 Å². The van der Waals surface area contributed by atoms with Crippen molar-refractivity contribution < 1.29 is 4.74 Å². The van der Waals surface area contributed by atoms with E-state index < -0.39 is 0 Å². The van der Waals surface area contributed by atoms with Crippen LogP contribution < -0.4 is 4.74 Å². The van der Waals surface area contributed by atoms with E-state index in [0.717, 1.165) is 22.4 Å². The molecule has 2 aromatic carbocycles. The van der Waals surface area contributed by atoms with Crippen molar-refractivity contribution in [2.24, 2.45) is 0 Å². The first-order valence-corrected chi connectivity index (χ1v) is 6.65. The van der Waals surface area contributed by atoms with E-state index in [2.05, 4.69) is 24.0 Å². The van der Waals surface area contributed by atoms with Gasteiger partial charge in [0.1, 0.15) is 12.4 Å². The first kappa shape index (κ1) is 13.5. The zero-order valence-electron chi connectivity index (χ0n) is 10.8. The Morgan fingerprint density at radius 1 is 1.11 bits per heavy atom. The molecule has 0 aliphatic heterocycles. The molecule has 0 saturated heterocycles. The van der Waals surface area contributed by atoms with Crippen molar-refractivity contribution in [1.29, 1.82) is 0 Å². The van der Waals surface area contributed by atoms with Gasteiger partial charge in [-0.3, -0.25) is 0 Å². The Hall–Kier alpha value is -1.91. The Morgan fingerprint density at radius 3 is 2.58 bits per heavy atom. The maximum atomic E-state index is 5.81. The van der Waals surface area contributed by atoms with Crippen LogP contribution >= 0.6 is 11.6 Å². The van der Waals surface area contributed by atoms with Gasteiger partial charge in [-0.05, 0) is 36.2 Å². The third-order valence-electron chi connectivity index (χ3n) is 2.71. The lowest BCUT2D eigenvalue weighted by molar-refractivity contribution is 0.304. The highest BCUT2D eigenvalue weighted by Crippen LogP contribution is 2.20. The summed E-state index contributed by atoms with van der Waals surface area (Å²) in [5, 5.41) is 0. The smallest absolute Gasteiger partial charge is 0.122 e. The molecule has 0 aliphatic rings. The highest BCUT2D eigenvalue weighted by Gasteiger charge is 2.00. The molecule has 0 aliphatic carbocycles. The van der Waals surface area contributed by atoms with E-state index in [4.69, 9.17) is 16.3 Å². The van der Waals surface area contributed by atoms with E-state index >= 15 is 0 Å². The molecule has 0 aromatic heterocycles. The molecule has 0 bridgehead atoms. The van der Waals surface area contributed by atoms with Gasteiger partial charge >= 0.3 is 0 Å². The van der Waals surface area contributed by atoms with Gasteiger partial charge in [-0.15, -0.1) is 11.6 Å². The minimum Gasteiger partial charge on any atom is -0.489 e. The van der Waals surface area contributed by atoms with Crippen molar-refractivity contribution in [3.63, 3.8) is 0 Å². The van der Waals surface area contributed by atoms with E-state index in [9.17, 15) is 0 Å². The topological polar surface area (TPSA) is 9.23 Å². The molecule has 0 saturated carbocycles. The molecule has 0 atom stereocenters. The highest BCUT2D eigenvalue weighted by molar-refractivity contribution is 6.19. The third kappa shape index (κ3) is 4.05. The fourth-order valence-corrected chi connectivity index (χ4v) is 1.83. The molecular weight excluding hydrogens is 256 g/mol. The zero-order valence-corrected chi connectivity index (χ0v) is 11.6. The van der Waals surface area contributed by atoms with Crippen LogP contribution in [0.15, 0.2) is 48.5 Å². The summed E-state index contributed by atoms with van der Waals surface area (Å²) in [4.78, 5) is 0. The molecule has 0 radical (unpaired) electrons. The zero-order chi connectivity index (χ0) is 13.5. The molecule has 0 fully saturated rings. The lowest BCUT2D eigenvalue weighted by Gasteiger charge is -2.09. The molecule has 1 nitrogen and oxygen atoms in total. The Bertz CT molecular complexity index is 594. The third-order valence-corrected chi connectivity index (χ3v) is 2.85. The monoisotopic (exact) mass is 270 g/mol. The van der Waals surface area contributed by atoms with Crippen LogP contribution in [0, 0.1) is 18.8 Å². The van der Waals surface area contributed by atoms with Gasteiger partial charge in [-0.25, -0.2) is 0 Å². The number of hydrogen-bond donors (Lipinski definition) is 0. The summed E-state index contributed by atoms with van der Waals surface area (Å²) in [5.41, 5.74) is 3.20. The summed E-state index contributed by atoms with van der Waals surface area (Å²) in [7, 11) is 0. The standard InChI is InChI=1S/C17H15ClO/c1-14-12-15(8-5-11-18)9-10-17(14)19-13-16-6-3-2-4-7-16/h2-4,6-7,9-10,12H,11,13H2,1H3. The summed E-state index contributed by atoms with van der Waals surface area (Å²) in [6, 6.07) is 16.0. The number of aryl methyl sites for hydroxylation is 1. The normalized spacial score (nSPS) is 9.58. The molecule has 0 unspecified atom stereocenters. The fraction of sp³-hybridized carbons (Fsp3) is 0.176. The van der Waals surface area contributed by atoms with Gasteiger partial charge in [-0.1, -0.05) is 42.2 Å². The van der Waals surface area contributed by atoms with Crippen LogP contribution in [0.2, 0.25) is 0 Å². The molecule has 0 amide bonds. The van der Waals surface area contributed by atoms with E-state index in [-0.39, 0.29) is 0 Å². The Balaban J connectivity index is 2.05. The van der Waals surface area contributed by atoms with Crippen LogP contribution in [0.4, 0.5) is 0 Å². The molecule has 19 heavy (non-hydrogen) atoms. The van der Waals surface area contributed by atoms with Crippen molar-refractivity contribution in [3.05, 3.63) is 65.2 Å². The van der Waals surface area contributed by atoms with Crippen LogP contribution in [0.25, 0.3) is 0 Å². The summed E-state index contributed by atoms with van der Waals surface area (Å²) < 4.78 is 5.81. The predicted molar refractivity (Wildman–Crippen MR) is 79.6 cm³/mol. The van der Waals surface area contributed by atoms with Gasteiger partial charge in [0.25, 0.3) is 0 Å². The molecule has 0 spiro atoms. The van der Waals surface area contributed by atoms with Crippen molar-refractivity contribution in [2.45, 2.75) is 13.5 Å². The van der Waals surface area contributed by atoms with Crippen molar-refractivity contribution >= 4 is 11.6 Å². The fourth-order valence-electron chi connectivity index (χ4n) is 1.76. The number of rotatable bonds is 3. The minimum atomic E-state index is 0.352. The highest BCUT2D eigenvalue weighted by atomic mass is 35.5. The molecule has 0 heterocycles. The van der Waals surface area contributed by atoms with E-state index in [1.54, 1.807) is 0 Å². The summed E-state index contributed by atoms with van der Waals surface area (Å²) in [5.74, 6) is 7.08. The van der Waals surface area contributed by atoms with Crippen molar-refractivity contribution in [3.8, 4) is 17.6 Å². The first-order chi connectivity index (χ1) is 9.29. The largest absolute Gasteiger partial charge is 0.489 e. The van der Waals surface area contributed by atoms with Crippen LogP contribution in [0.5, 0.6) is 5.75 Å². The second-order valence-corrected chi connectivity index (χ2v) is 4.46. The van der Waals surface area contributed by atoms with Gasteiger partial charge in [-0.2, -0.15) is 0 Å². The Morgan fingerprint density at radius 2 is 1.89 bits per heavy atom. The second-order valence-electron chi connectivity index (χ2n) is 4.19. The van der Waals surface area contributed by atoms with Gasteiger partial charge in [0.15, 0.2) is 0 Å². The number of halogens is 1. The van der Waals surface area contributed by atoms with Crippen LogP contribution in [0.1, 0.15) is 16.7 Å². The van der Waals surface area contributed by atoms with E-state index in [0.29, 0.717) is 12.5 Å². The number of alkyl halides is 1. The maximum absolute atomic E-state index is 5.81. The van der Waals surface area contributed by atoms with Crippen LogP contribution in [-0.2, 0) is 6.61 Å². The average molecular weight is 271 g/mol. The molecule has 2 aromatic rings. The Labute approximate surface area is 119 Å². The molecule has 2 heteroatoms. The van der Waals surface area contributed by atoms with Gasteiger partial charge in [0.05, 0.1) is 5.88 Å². The minimum absolute atomic E-state index is 0.352. The predicted octanol–water partition coefficient (Wildman–Crippen LogP) is 4.16. The van der Waals surface area contributed by atoms with Gasteiger partial charge in [0.2, 0.25) is 0 Å². The Kier molecular flexibility index (Phi) is 4.89. The van der Waals surface area contributed by atoms with Crippen LogP contribution in [0.3, 0.4) is 0 Å². The average Bonchev–Trinajstić information content (AvgIpc) is 2.45. The molecule has 0 N–H and O–H groups in total. The lowest BCUT2D eigenvalue weighted by atomic mass is 10.1.